The fourth-order valence-electron chi connectivity index (χ4n) is 3.79. The van der Waals surface area contributed by atoms with Crippen LogP contribution in [0.3, 0.4) is 0 Å². The minimum Gasteiger partial charge on any atom is -0.503 e. The van der Waals surface area contributed by atoms with Crippen molar-refractivity contribution >= 4 is 11.5 Å². The molecule has 0 saturated heterocycles. The lowest BCUT2D eigenvalue weighted by Crippen LogP contribution is -2.30. The number of amides is 1. The first-order valence-corrected chi connectivity index (χ1v) is 9.68. The van der Waals surface area contributed by atoms with Crippen LogP contribution < -0.4 is 4.74 Å². The first-order valence-electron chi connectivity index (χ1n) is 9.68. The molecule has 0 fully saturated rings. The molecule has 0 radical (unpaired) electrons. The first-order chi connectivity index (χ1) is 14.5. The Morgan fingerprint density at radius 3 is 2.30 bits per heavy atom. The molecule has 4 rings (SSSR count). The minimum absolute atomic E-state index is 0.223. The fourth-order valence-corrected chi connectivity index (χ4v) is 3.79. The zero-order chi connectivity index (χ0) is 21.3. The average molecular weight is 403 g/mol. The van der Waals surface area contributed by atoms with E-state index in [1.165, 1.54) is 11.0 Å². The number of benzene rings is 3. The van der Waals surface area contributed by atoms with Gasteiger partial charge in [-0.3, -0.25) is 4.79 Å². The topological polar surface area (TPSA) is 49.8 Å². The Labute approximate surface area is 174 Å². The van der Waals surface area contributed by atoms with Crippen molar-refractivity contribution in [2.24, 2.45) is 0 Å². The normalized spacial score (nSPS) is 16.3. The second-order valence-corrected chi connectivity index (χ2v) is 7.33. The number of rotatable bonds is 5. The number of methoxy groups -OCH3 is 1. The maximum atomic E-state index is 14.8. The van der Waals surface area contributed by atoms with Gasteiger partial charge in [-0.15, -0.1) is 0 Å². The maximum absolute atomic E-state index is 14.8. The molecule has 152 valence electrons. The van der Waals surface area contributed by atoms with E-state index in [2.05, 4.69) is 0 Å². The van der Waals surface area contributed by atoms with Crippen molar-refractivity contribution in [1.29, 1.82) is 0 Å². The molecule has 3 aromatic carbocycles. The number of aliphatic hydroxyl groups is 1. The lowest BCUT2D eigenvalue weighted by atomic mass is 9.92. The van der Waals surface area contributed by atoms with Crippen molar-refractivity contribution in [1.82, 2.24) is 4.90 Å². The van der Waals surface area contributed by atoms with E-state index in [1.54, 1.807) is 25.3 Å². The molecule has 4 nitrogen and oxygen atoms in total. The number of ether oxygens (including phenoxy) is 1. The lowest BCUT2D eigenvalue weighted by Gasteiger charge is -2.28. The van der Waals surface area contributed by atoms with Gasteiger partial charge in [-0.05, 0) is 36.2 Å². The van der Waals surface area contributed by atoms with Crippen molar-refractivity contribution in [2.45, 2.75) is 19.5 Å². The molecule has 0 bridgehead atoms. The highest BCUT2D eigenvalue weighted by molar-refractivity contribution is 6.05. The van der Waals surface area contributed by atoms with Crippen molar-refractivity contribution in [2.75, 3.05) is 7.11 Å². The maximum Gasteiger partial charge on any atom is 0.290 e. The van der Waals surface area contributed by atoms with Crippen molar-refractivity contribution in [3.8, 4) is 5.75 Å². The van der Waals surface area contributed by atoms with Crippen LogP contribution >= 0.6 is 0 Å². The van der Waals surface area contributed by atoms with Gasteiger partial charge in [0.2, 0.25) is 0 Å². The highest BCUT2D eigenvalue weighted by atomic mass is 19.1. The Morgan fingerprint density at radius 1 is 1.00 bits per heavy atom. The molecule has 30 heavy (non-hydrogen) atoms. The standard InChI is InChI=1S/C25H22FNO3/c1-16-7-11-18(12-8-16)22-23(20-5-3-4-6-21(20)26)27(25(29)24(22)28)15-17-9-13-19(30-2)14-10-17/h3-14,23,28H,15H2,1-2H3/t23-/m0/s1. The van der Waals surface area contributed by atoms with E-state index in [1.807, 2.05) is 55.5 Å². The summed E-state index contributed by atoms with van der Waals surface area (Å²) in [4.78, 5) is 14.6. The van der Waals surface area contributed by atoms with E-state index in [-0.39, 0.29) is 12.3 Å². The summed E-state index contributed by atoms with van der Waals surface area (Å²) in [6, 6.07) is 20.5. The molecule has 3 aromatic rings. The highest BCUT2D eigenvalue weighted by Crippen LogP contribution is 2.44. The lowest BCUT2D eigenvalue weighted by molar-refractivity contribution is -0.130. The van der Waals surface area contributed by atoms with E-state index in [9.17, 15) is 14.3 Å². The van der Waals surface area contributed by atoms with E-state index in [0.29, 0.717) is 22.4 Å². The number of carbonyl (C=O) groups excluding carboxylic acids is 1. The van der Waals surface area contributed by atoms with Crippen molar-refractivity contribution in [3.05, 3.63) is 107 Å². The number of hydrogen-bond acceptors (Lipinski definition) is 3. The van der Waals surface area contributed by atoms with Gasteiger partial charge in [0.1, 0.15) is 11.6 Å². The van der Waals surface area contributed by atoms with Gasteiger partial charge < -0.3 is 14.7 Å². The van der Waals surface area contributed by atoms with E-state index in [0.717, 1.165) is 11.1 Å². The molecule has 1 heterocycles. The summed E-state index contributed by atoms with van der Waals surface area (Å²) in [6.07, 6.45) is 0. The van der Waals surface area contributed by atoms with Gasteiger partial charge in [0.05, 0.1) is 13.2 Å². The molecule has 0 unspecified atom stereocenters. The van der Waals surface area contributed by atoms with Crippen LogP contribution in [0.4, 0.5) is 4.39 Å². The molecular weight excluding hydrogens is 381 g/mol. The Bertz CT molecular complexity index is 1100. The number of aliphatic hydroxyl groups excluding tert-OH is 1. The largest absolute Gasteiger partial charge is 0.503 e. The zero-order valence-corrected chi connectivity index (χ0v) is 16.8. The summed E-state index contributed by atoms with van der Waals surface area (Å²) in [5, 5.41) is 10.8. The van der Waals surface area contributed by atoms with Crippen LogP contribution in [0.2, 0.25) is 0 Å². The summed E-state index contributed by atoms with van der Waals surface area (Å²) < 4.78 is 20.0. The highest BCUT2D eigenvalue weighted by Gasteiger charge is 2.42. The van der Waals surface area contributed by atoms with Gasteiger partial charge in [-0.1, -0.05) is 60.2 Å². The number of carbonyl (C=O) groups is 1. The number of halogens is 1. The first kappa shape index (κ1) is 19.7. The fraction of sp³-hybridized carbons (Fsp3) is 0.160. The van der Waals surface area contributed by atoms with Gasteiger partial charge in [0, 0.05) is 17.7 Å². The minimum atomic E-state index is -0.733. The van der Waals surface area contributed by atoms with E-state index < -0.39 is 17.8 Å². The zero-order valence-electron chi connectivity index (χ0n) is 16.8. The Morgan fingerprint density at radius 2 is 1.67 bits per heavy atom. The molecule has 1 atom stereocenters. The predicted octanol–water partition coefficient (Wildman–Crippen LogP) is 5.20. The molecule has 0 aliphatic carbocycles. The smallest absolute Gasteiger partial charge is 0.290 e. The molecule has 5 heteroatoms. The predicted molar refractivity (Wildman–Crippen MR) is 113 cm³/mol. The summed E-state index contributed by atoms with van der Waals surface area (Å²) in [5.41, 5.74) is 3.36. The van der Waals surface area contributed by atoms with Crippen LogP contribution in [0.1, 0.15) is 28.3 Å². The Kier molecular flexibility index (Phi) is 5.27. The molecular formula is C25H22FNO3. The van der Waals surface area contributed by atoms with E-state index >= 15 is 0 Å². The number of aryl methyl sites for hydroxylation is 1. The van der Waals surface area contributed by atoms with Crippen LogP contribution in [0, 0.1) is 12.7 Å². The molecule has 0 aromatic heterocycles. The van der Waals surface area contributed by atoms with Crippen LogP contribution in [0.25, 0.3) is 5.57 Å². The second kappa shape index (κ2) is 8.03. The van der Waals surface area contributed by atoms with Gasteiger partial charge in [-0.25, -0.2) is 4.39 Å². The molecule has 1 N–H and O–H groups in total. The average Bonchev–Trinajstić information content (AvgIpc) is 3.00. The second-order valence-electron chi connectivity index (χ2n) is 7.33. The summed E-state index contributed by atoms with van der Waals surface area (Å²) >= 11 is 0. The molecule has 1 aliphatic heterocycles. The third-order valence-electron chi connectivity index (χ3n) is 5.38. The Balaban J connectivity index is 1.80. The molecule has 1 amide bonds. The quantitative estimate of drug-likeness (QED) is 0.637. The SMILES string of the molecule is COc1ccc(CN2C(=O)C(O)=C(c3ccc(C)cc3)[C@@H]2c2ccccc2F)cc1. The van der Waals surface area contributed by atoms with Crippen molar-refractivity contribution in [3.63, 3.8) is 0 Å². The Hall–Kier alpha value is -3.60. The summed E-state index contributed by atoms with van der Waals surface area (Å²) in [7, 11) is 1.59. The summed E-state index contributed by atoms with van der Waals surface area (Å²) in [6.45, 7) is 2.18. The van der Waals surface area contributed by atoms with E-state index in [4.69, 9.17) is 4.74 Å². The number of nitrogens with zero attached hydrogens (tertiary/aromatic N) is 1. The summed E-state index contributed by atoms with van der Waals surface area (Å²) in [5.74, 6) is -0.580. The number of hydrogen-bond donors (Lipinski definition) is 1. The van der Waals surface area contributed by atoms with Gasteiger partial charge in [-0.2, -0.15) is 0 Å². The van der Waals surface area contributed by atoms with Crippen LogP contribution in [0.5, 0.6) is 5.75 Å². The third-order valence-corrected chi connectivity index (χ3v) is 5.38. The van der Waals surface area contributed by atoms with Gasteiger partial charge >= 0.3 is 0 Å². The van der Waals surface area contributed by atoms with Gasteiger partial charge in [0.15, 0.2) is 5.76 Å². The molecule has 0 saturated carbocycles. The van der Waals surface area contributed by atoms with Gasteiger partial charge in [0.25, 0.3) is 5.91 Å². The molecule has 0 spiro atoms. The van der Waals surface area contributed by atoms with Crippen LogP contribution in [-0.4, -0.2) is 23.0 Å². The third kappa shape index (κ3) is 3.54. The monoisotopic (exact) mass is 403 g/mol. The van der Waals surface area contributed by atoms with Crippen LogP contribution in [-0.2, 0) is 11.3 Å². The van der Waals surface area contributed by atoms with Crippen LogP contribution in [0.15, 0.2) is 78.6 Å². The van der Waals surface area contributed by atoms with Crippen molar-refractivity contribution < 1.29 is 19.0 Å². The molecule has 1 aliphatic rings.